The minimum absolute atomic E-state index is 0.0237. The van der Waals surface area contributed by atoms with Gasteiger partial charge in [0.05, 0.1) is 19.3 Å². The Balaban J connectivity index is 1.86. The molecule has 0 heterocycles. The highest BCUT2D eigenvalue weighted by Gasteiger charge is 2.13. The Morgan fingerprint density at radius 2 is 1.74 bits per heavy atom. The lowest BCUT2D eigenvalue weighted by atomic mass is 10.1. The lowest BCUT2D eigenvalue weighted by molar-refractivity contribution is 0.0787. The van der Waals surface area contributed by atoms with E-state index >= 15 is 0 Å². The highest BCUT2D eigenvalue weighted by molar-refractivity contribution is 5.94. The molecule has 0 radical (unpaired) electrons. The van der Waals surface area contributed by atoms with E-state index in [9.17, 15) is 4.79 Å². The van der Waals surface area contributed by atoms with E-state index in [2.05, 4.69) is 11.9 Å². The van der Waals surface area contributed by atoms with Crippen molar-refractivity contribution in [2.75, 3.05) is 6.61 Å². The smallest absolute Gasteiger partial charge is 0.251 e. The van der Waals surface area contributed by atoms with Crippen molar-refractivity contribution >= 4 is 5.91 Å². The molecule has 3 nitrogen and oxygen atoms in total. The molecule has 2 aromatic carbocycles. The maximum atomic E-state index is 12.3. The summed E-state index contributed by atoms with van der Waals surface area (Å²) in [4.78, 5) is 12.3. The third kappa shape index (κ3) is 6.09. The molecule has 0 aliphatic heterocycles. The van der Waals surface area contributed by atoms with Crippen LogP contribution in [0.15, 0.2) is 73.3 Å². The summed E-state index contributed by atoms with van der Waals surface area (Å²) < 4.78 is 5.77. The fourth-order valence-electron chi connectivity index (χ4n) is 2.27. The molecule has 120 valence electrons. The minimum Gasteiger partial charge on any atom is -0.375 e. The summed E-state index contributed by atoms with van der Waals surface area (Å²) >= 11 is 0. The standard InChI is InChI=1S/C20H23NO2/c1-2-3-14-19(16-23-15-17-10-6-4-7-11-17)21-20(22)18-12-8-5-9-13-18/h2,4-13,19H,1,3,14-16H2,(H,21,22)/t19-/m0/s1. The molecule has 0 aliphatic rings. The number of carbonyl (C=O) groups excluding carboxylic acids is 1. The molecule has 0 aliphatic carbocycles. The highest BCUT2D eigenvalue weighted by Crippen LogP contribution is 2.06. The van der Waals surface area contributed by atoms with Crippen LogP contribution in [0.4, 0.5) is 0 Å². The molecule has 0 unspecified atom stereocenters. The first-order valence-corrected chi connectivity index (χ1v) is 7.88. The number of ether oxygens (including phenoxy) is 1. The Kier molecular flexibility index (Phi) is 7.08. The van der Waals surface area contributed by atoms with Crippen molar-refractivity contribution in [3.8, 4) is 0 Å². The number of carbonyl (C=O) groups is 1. The largest absolute Gasteiger partial charge is 0.375 e. The van der Waals surface area contributed by atoms with Gasteiger partial charge in [-0.2, -0.15) is 0 Å². The Hall–Kier alpha value is -2.39. The number of benzene rings is 2. The lowest BCUT2D eigenvalue weighted by Gasteiger charge is -2.18. The fourth-order valence-corrected chi connectivity index (χ4v) is 2.27. The van der Waals surface area contributed by atoms with Gasteiger partial charge in [-0.15, -0.1) is 6.58 Å². The van der Waals surface area contributed by atoms with Crippen LogP contribution in [0.2, 0.25) is 0 Å². The number of hydrogen-bond donors (Lipinski definition) is 1. The molecular formula is C20H23NO2. The lowest BCUT2D eigenvalue weighted by Crippen LogP contribution is -2.38. The van der Waals surface area contributed by atoms with Crippen LogP contribution in [0, 0.1) is 0 Å². The van der Waals surface area contributed by atoms with E-state index in [4.69, 9.17) is 4.74 Å². The second-order valence-electron chi connectivity index (χ2n) is 5.40. The summed E-state index contributed by atoms with van der Waals surface area (Å²) in [5, 5.41) is 3.04. The third-order valence-corrected chi connectivity index (χ3v) is 3.52. The average Bonchev–Trinajstić information content (AvgIpc) is 2.61. The zero-order chi connectivity index (χ0) is 16.3. The first-order chi connectivity index (χ1) is 11.3. The Labute approximate surface area is 138 Å². The van der Waals surface area contributed by atoms with Gasteiger partial charge in [-0.1, -0.05) is 54.6 Å². The zero-order valence-electron chi connectivity index (χ0n) is 13.3. The minimum atomic E-state index is -0.0667. The van der Waals surface area contributed by atoms with E-state index in [1.807, 2.05) is 66.7 Å². The Morgan fingerprint density at radius 1 is 1.09 bits per heavy atom. The molecule has 1 atom stereocenters. The Morgan fingerprint density at radius 3 is 2.39 bits per heavy atom. The van der Waals surface area contributed by atoms with Gasteiger partial charge in [-0.25, -0.2) is 0 Å². The molecule has 0 saturated carbocycles. The number of hydrogen-bond acceptors (Lipinski definition) is 2. The second-order valence-corrected chi connectivity index (χ2v) is 5.40. The molecule has 2 rings (SSSR count). The van der Waals surface area contributed by atoms with Crippen LogP contribution in [-0.2, 0) is 11.3 Å². The van der Waals surface area contributed by atoms with Gasteiger partial charge in [0.1, 0.15) is 0 Å². The van der Waals surface area contributed by atoms with E-state index in [0.29, 0.717) is 18.8 Å². The molecule has 1 amide bonds. The van der Waals surface area contributed by atoms with Gasteiger partial charge < -0.3 is 10.1 Å². The second kappa shape index (κ2) is 9.59. The monoisotopic (exact) mass is 309 g/mol. The molecule has 0 bridgehead atoms. The van der Waals surface area contributed by atoms with E-state index in [-0.39, 0.29) is 11.9 Å². The first-order valence-electron chi connectivity index (χ1n) is 7.88. The summed E-state index contributed by atoms with van der Waals surface area (Å²) in [7, 11) is 0. The number of nitrogens with one attached hydrogen (secondary N) is 1. The van der Waals surface area contributed by atoms with Gasteiger partial charge in [0.25, 0.3) is 5.91 Å². The van der Waals surface area contributed by atoms with Crippen molar-refractivity contribution < 1.29 is 9.53 Å². The van der Waals surface area contributed by atoms with Crippen LogP contribution < -0.4 is 5.32 Å². The average molecular weight is 309 g/mol. The quantitative estimate of drug-likeness (QED) is 0.712. The Bertz CT molecular complexity index is 596. The van der Waals surface area contributed by atoms with Crippen LogP contribution in [0.5, 0.6) is 0 Å². The molecule has 23 heavy (non-hydrogen) atoms. The van der Waals surface area contributed by atoms with E-state index in [0.717, 1.165) is 18.4 Å². The van der Waals surface area contributed by atoms with Crippen LogP contribution in [-0.4, -0.2) is 18.6 Å². The van der Waals surface area contributed by atoms with Gasteiger partial charge in [-0.3, -0.25) is 4.79 Å². The highest BCUT2D eigenvalue weighted by atomic mass is 16.5. The molecule has 2 aromatic rings. The van der Waals surface area contributed by atoms with Crippen molar-refractivity contribution in [1.29, 1.82) is 0 Å². The maximum absolute atomic E-state index is 12.3. The van der Waals surface area contributed by atoms with Crippen molar-refractivity contribution in [3.05, 3.63) is 84.4 Å². The van der Waals surface area contributed by atoms with Crippen LogP contribution in [0.1, 0.15) is 28.8 Å². The number of rotatable bonds is 9. The topological polar surface area (TPSA) is 38.3 Å². The van der Waals surface area contributed by atoms with Crippen molar-refractivity contribution in [2.24, 2.45) is 0 Å². The molecule has 0 aromatic heterocycles. The molecule has 1 N–H and O–H groups in total. The molecule has 0 saturated heterocycles. The normalized spacial score (nSPS) is 11.7. The summed E-state index contributed by atoms with van der Waals surface area (Å²) in [5.74, 6) is -0.0667. The number of amides is 1. The van der Waals surface area contributed by atoms with Crippen molar-refractivity contribution in [3.63, 3.8) is 0 Å². The summed E-state index contributed by atoms with van der Waals surface area (Å²) in [6.07, 6.45) is 3.52. The fraction of sp³-hybridized carbons (Fsp3) is 0.250. The van der Waals surface area contributed by atoms with Gasteiger partial charge in [0.15, 0.2) is 0 Å². The third-order valence-electron chi connectivity index (χ3n) is 3.52. The summed E-state index contributed by atoms with van der Waals surface area (Å²) in [5.41, 5.74) is 1.79. The molecule has 0 fully saturated rings. The van der Waals surface area contributed by atoms with Crippen LogP contribution >= 0.6 is 0 Å². The van der Waals surface area contributed by atoms with E-state index in [1.165, 1.54) is 0 Å². The van der Waals surface area contributed by atoms with Crippen LogP contribution in [0.3, 0.4) is 0 Å². The predicted octanol–water partition coefficient (Wildman–Crippen LogP) is 3.97. The summed E-state index contributed by atoms with van der Waals surface area (Å²) in [6.45, 7) is 4.78. The maximum Gasteiger partial charge on any atom is 0.251 e. The zero-order valence-corrected chi connectivity index (χ0v) is 13.3. The molecule has 3 heteroatoms. The van der Waals surface area contributed by atoms with Crippen molar-refractivity contribution in [1.82, 2.24) is 5.32 Å². The van der Waals surface area contributed by atoms with Gasteiger partial charge in [0, 0.05) is 5.56 Å². The van der Waals surface area contributed by atoms with E-state index < -0.39 is 0 Å². The van der Waals surface area contributed by atoms with Crippen LogP contribution in [0.25, 0.3) is 0 Å². The van der Waals surface area contributed by atoms with Gasteiger partial charge >= 0.3 is 0 Å². The van der Waals surface area contributed by atoms with E-state index in [1.54, 1.807) is 0 Å². The first kappa shape index (κ1) is 17.0. The summed E-state index contributed by atoms with van der Waals surface area (Å²) in [6, 6.07) is 19.2. The van der Waals surface area contributed by atoms with Crippen molar-refractivity contribution in [2.45, 2.75) is 25.5 Å². The molecule has 0 spiro atoms. The number of allylic oxidation sites excluding steroid dienone is 1. The molecular weight excluding hydrogens is 286 g/mol. The van der Waals surface area contributed by atoms with Gasteiger partial charge in [0.2, 0.25) is 0 Å². The van der Waals surface area contributed by atoms with Gasteiger partial charge in [-0.05, 0) is 30.5 Å². The predicted molar refractivity (Wildman–Crippen MR) is 93.2 cm³/mol. The SMILES string of the molecule is C=CCC[C@@H](COCc1ccccc1)NC(=O)c1ccccc1.